The zero-order chi connectivity index (χ0) is 28.1. The molecule has 40 heavy (non-hydrogen) atoms. The van der Waals surface area contributed by atoms with Crippen LogP contribution in [0.4, 0.5) is 17.2 Å². The fraction of sp³-hybridized carbons (Fsp3) is 0.455. The predicted molar refractivity (Wildman–Crippen MR) is 165 cm³/mol. The summed E-state index contributed by atoms with van der Waals surface area (Å²) in [5.74, 6) is 0.830. The SMILES string of the molecule is CCC(CC)(C(=O)NCCc1ccc(N2CC3CCC(C2)N3)cc1)c1ccc(N[C@H](C)c2ccccc2N)nc1. The molecule has 0 spiro atoms. The van der Waals surface area contributed by atoms with Gasteiger partial charge in [-0.1, -0.05) is 50.2 Å². The van der Waals surface area contributed by atoms with E-state index in [4.69, 9.17) is 5.73 Å². The number of fused-ring (bicyclic) bond motifs is 2. The molecule has 0 saturated carbocycles. The Morgan fingerprint density at radius 1 is 1.05 bits per heavy atom. The smallest absolute Gasteiger partial charge is 0.230 e. The van der Waals surface area contributed by atoms with Gasteiger partial charge in [-0.3, -0.25) is 4.79 Å². The van der Waals surface area contributed by atoms with Crippen molar-refractivity contribution in [3.8, 4) is 0 Å². The lowest BCUT2D eigenvalue weighted by molar-refractivity contribution is -0.127. The van der Waals surface area contributed by atoms with Crippen LogP contribution in [0.1, 0.15) is 69.2 Å². The van der Waals surface area contributed by atoms with Crippen molar-refractivity contribution in [3.05, 3.63) is 83.6 Å². The second kappa shape index (κ2) is 12.3. The third-order valence-electron chi connectivity index (χ3n) is 9.00. The van der Waals surface area contributed by atoms with Crippen molar-refractivity contribution in [1.82, 2.24) is 15.6 Å². The van der Waals surface area contributed by atoms with Crippen molar-refractivity contribution in [3.63, 3.8) is 0 Å². The zero-order valence-electron chi connectivity index (χ0n) is 24.1. The van der Waals surface area contributed by atoms with E-state index in [1.165, 1.54) is 24.1 Å². The van der Waals surface area contributed by atoms with Gasteiger partial charge in [-0.05, 0) is 80.0 Å². The minimum Gasteiger partial charge on any atom is -0.398 e. The number of nitrogens with one attached hydrogen (secondary N) is 3. The summed E-state index contributed by atoms with van der Waals surface area (Å²) in [4.78, 5) is 20.7. The standard InChI is InChI=1S/C33H44N6O/c1-4-33(5-2,25-12-17-31(36-20-25)37-23(3)29-8-6-7-9-30(29)34)32(40)35-19-18-24-10-15-28(16-11-24)39-21-26-13-14-27(22-39)38-26/h6-12,15-17,20,23,26-27,38H,4-5,13-14,18-19,21-22,34H2,1-3H3,(H,35,40)(H,36,37)/t23-,26?,27?/m1/s1. The largest absolute Gasteiger partial charge is 0.398 e. The first-order chi connectivity index (χ1) is 19.4. The van der Waals surface area contributed by atoms with Crippen LogP contribution in [0.5, 0.6) is 0 Å². The molecule has 2 aromatic carbocycles. The number of anilines is 3. The van der Waals surface area contributed by atoms with Crippen LogP contribution in [0.2, 0.25) is 0 Å². The molecule has 2 unspecified atom stereocenters. The maximum absolute atomic E-state index is 13.6. The molecule has 3 aromatic rings. The maximum Gasteiger partial charge on any atom is 0.230 e. The number of amides is 1. The molecule has 7 nitrogen and oxygen atoms in total. The summed E-state index contributed by atoms with van der Waals surface area (Å²) in [6.45, 7) is 9.02. The second-order valence-electron chi connectivity index (χ2n) is 11.4. The number of nitrogens with zero attached hydrogens (tertiary/aromatic N) is 2. The number of pyridine rings is 1. The highest BCUT2D eigenvalue weighted by molar-refractivity contribution is 5.88. The third-order valence-corrected chi connectivity index (χ3v) is 9.00. The van der Waals surface area contributed by atoms with Crippen LogP contribution in [-0.2, 0) is 16.6 Å². The monoisotopic (exact) mass is 540 g/mol. The number of hydrogen-bond acceptors (Lipinski definition) is 6. The lowest BCUT2D eigenvalue weighted by Gasteiger charge is -2.34. The lowest BCUT2D eigenvalue weighted by Crippen LogP contribution is -2.51. The lowest BCUT2D eigenvalue weighted by atomic mass is 9.75. The molecule has 2 fully saturated rings. The average molecular weight is 541 g/mol. The van der Waals surface area contributed by atoms with Gasteiger partial charge in [-0.25, -0.2) is 4.98 Å². The molecular formula is C33H44N6O. The van der Waals surface area contributed by atoms with E-state index in [1.807, 2.05) is 42.6 Å². The van der Waals surface area contributed by atoms with E-state index in [-0.39, 0.29) is 11.9 Å². The number of rotatable bonds is 11. The van der Waals surface area contributed by atoms with Gasteiger partial charge in [0.2, 0.25) is 5.91 Å². The van der Waals surface area contributed by atoms with E-state index >= 15 is 0 Å². The Morgan fingerprint density at radius 2 is 1.75 bits per heavy atom. The Kier molecular flexibility index (Phi) is 8.60. The van der Waals surface area contributed by atoms with Gasteiger partial charge in [0.25, 0.3) is 0 Å². The number of benzene rings is 2. The Hall–Kier alpha value is -3.58. The highest BCUT2D eigenvalue weighted by Crippen LogP contribution is 2.33. The number of hydrogen-bond donors (Lipinski definition) is 4. The number of carbonyl (C=O) groups is 1. The van der Waals surface area contributed by atoms with Gasteiger partial charge in [0.05, 0.1) is 11.5 Å². The van der Waals surface area contributed by atoms with Crippen molar-refractivity contribution in [2.45, 2.75) is 76.4 Å². The van der Waals surface area contributed by atoms with Crippen molar-refractivity contribution >= 4 is 23.1 Å². The molecular weight excluding hydrogens is 496 g/mol. The van der Waals surface area contributed by atoms with E-state index in [0.717, 1.165) is 42.1 Å². The topological polar surface area (TPSA) is 95.3 Å². The number of nitrogen functional groups attached to an aromatic ring is 1. The second-order valence-corrected chi connectivity index (χ2v) is 11.4. The van der Waals surface area contributed by atoms with Crippen LogP contribution in [-0.4, -0.2) is 42.6 Å². The van der Waals surface area contributed by atoms with E-state index in [0.29, 0.717) is 31.5 Å². The Bertz CT molecular complexity index is 1260. The molecule has 3 atom stereocenters. The highest BCUT2D eigenvalue weighted by atomic mass is 16.2. The molecule has 0 radical (unpaired) electrons. The van der Waals surface area contributed by atoms with E-state index in [1.54, 1.807) is 0 Å². The normalized spacial score (nSPS) is 19.3. The van der Waals surface area contributed by atoms with Crippen LogP contribution < -0.4 is 26.6 Å². The zero-order valence-corrected chi connectivity index (χ0v) is 24.1. The first-order valence-corrected chi connectivity index (χ1v) is 14.9. The first kappa shape index (κ1) is 28.0. The molecule has 1 aromatic heterocycles. The van der Waals surface area contributed by atoms with Crippen LogP contribution >= 0.6 is 0 Å². The minimum atomic E-state index is -0.605. The number of piperazine rings is 1. The molecule has 5 N–H and O–H groups in total. The molecule has 2 aliphatic heterocycles. The van der Waals surface area contributed by atoms with Gasteiger partial charge in [-0.2, -0.15) is 0 Å². The van der Waals surface area contributed by atoms with Crippen molar-refractivity contribution < 1.29 is 4.79 Å². The van der Waals surface area contributed by atoms with E-state index in [9.17, 15) is 4.79 Å². The molecule has 1 amide bonds. The summed E-state index contributed by atoms with van der Waals surface area (Å²) >= 11 is 0. The van der Waals surface area contributed by atoms with Gasteiger partial charge >= 0.3 is 0 Å². The predicted octanol–water partition coefficient (Wildman–Crippen LogP) is 5.19. The average Bonchev–Trinajstić information content (AvgIpc) is 3.32. The van der Waals surface area contributed by atoms with Gasteiger partial charge in [-0.15, -0.1) is 0 Å². The van der Waals surface area contributed by atoms with Crippen LogP contribution in [0.15, 0.2) is 66.9 Å². The van der Waals surface area contributed by atoms with E-state index in [2.05, 4.69) is 70.9 Å². The van der Waals surface area contributed by atoms with Crippen molar-refractivity contribution in [2.75, 3.05) is 35.6 Å². The third kappa shape index (κ3) is 5.94. The molecule has 2 saturated heterocycles. The number of nitrogens with two attached hydrogens (primary N) is 1. The molecule has 3 heterocycles. The molecule has 0 aliphatic carbocycles. The molecule has 7 heteroatoms. The van der Waals surface area contributed by atoms with E-state index < -0.39 is 5.41 Å². The summed E-state index contributed by atoms with van der Waals surface area (Å²) in [6, 6.07) is 22.0. The quantitative estimate of drug-likeness (QED) is 0.250. The molecule has 5 rings (SSSR count). The minimum absolute atomic E-state index is 0.0194. The van der Waals surface area contributed by atoms with Gasteiger partial charge in [0.15, 0.2) is 0 Å². The van der Waals surface area contributed by atoms with Crippen LogP contribution in [0.25, 0.3) is 0 Å². The van der Waals surface area contributed by atoms with Gasteiger partial charge < -0.3 is 26.6 Å². The summed E-state index contributed by atoms with van der Waals surface area (Å²) in [5, 5.41) is 10.4. The van der Waals surface area contributed by atoms with Gasteiger partial charge in [0.1, 0.15) is 5.82 Å². The summed E-state index contributed by atoms with van der Waals surface area (Å²) < 4.78 is 0. The molecule has 2 aliphatic rings. The van der Waals surface area contributed by atoms with Crippen molar-refractivity contribution in [1.29, 1.82) is 0 Å². The Balaban J connectivity index is 1.17. The van der Waals surface area contributed by atoms with Crippen LogP contribution in [0.3, 0.4) is 0 Å². The van der Waals surface area contributed by atoms with Gasteiger partial charge in [0, 0.05) is 49.3 Å². The molecule has 212 valence electrons. The maximum atomic E-state index is 13.6. The molecule has 2 bridgehead atoms. The number of aromatic nitrogens is 1. The number of carbonyl (C=O) groups excluding carboxylic acids is 1. The Labute approximate surface area is 239 Å². The number of para-hydroxylation sites is 1. The van der Waals surface area contributed by atoms with Crippen LogP contribution in [0, 0.1) is 0 Å². The summed E-state index contributed by atoms with van der Waals surface area (Å²) in [6.07, 6.45) is 6.65. The summed E-state index contributed by atoms with van der Waals surface area (Å²) in [5.41, 5.74) is 10.8. The fourth-order valence-corrected chi connectivity index (χ4v) is 6.45. The fourth-order valence-electron chi connectivity index (χ4n) is 6.45. The Morgan fingerprint density at radius 3 is 2.38 bits per heavy atom. The summed E-state index contributed by atoms with van der Waals surface area (Å²) in [7, 11) is 0. The highest BCUT2D eigenvalue weighted by Gasteiger charge is 2.37. The van der Waals surface area contributed by atoms with Crippen molar-refractivity contribution in [2.24, 2.45) is 0 Å². The first-order valence-electron chi connectivity index (χ1n) is 14.9.